The maximum Gasteiger partial charge on any atom is 0.573 e. The molecule has 0 unspecified atom stereocenters. The van der Waals surface area contributed by atoms with E-state index in [0.29, 0.717) is 16.8 Å². The fourth-order valence-electron chi connectivity index (χ4n) is 2.29. The molecule has 0 fully saturated rings. The number of nitrogens with zero attached hydrogens (tertiary/aromatic N) is 3. The highest BCUT2D eigenvalue weighted by molar-refractivity contribution is 7.99. The number of nitrogens with one attached hydrogen (secondary N) is 1. The van der Waals surface area contributed by atoms with Crippen LogP contribution >= 0.6 is 34.9 Å². The molecule has 3 rings (SSSR count). The van der Waals surface area contributed by atoms with Gasteiger partial charge in [0.15, 0.2) is 0 Å². The summed E-state index contributed by atoms with van der Waals surface area (Å²) in [4.78, 5) is 4.15. The lowest BCUT2D eigenvalue weighted by Gasteiger charge is -2.09. The van der Waals surface area contributed by atoms with E-state index in [4.69, 9.17) is 11.6 Å². The van der Waals surface area contributed by atoms with Crippen LogP contribution in [0.15, 0.2) is 52.8 Å². The van der Waals surface area contributed by atoms with Crippen molar-refractivity contribution in [2.75, 3.05) is 5.32 Å². The molecule has 1 N–H and O–H groups in total. The van der Waals surface area contributed by atoms with E-state index < -0.39 is 18.1 Å². The number of aromatic nitrogens is 2. The van der Waals surface area contributed by atoms with Gasteiger partial charge >= 0.3 is 12.5 Å². The Balaban J connectivity index is 1.70. The van der Waals surface area contributed by atoms with Crippen LogP contribution in [0.1, 0.15) is 16.0 Å². The Bertz CT molecular complexity index is 1200. The first-order valence-electron chi connectivity index (χ1n) is 8.55. The molecule has 0 aliphatic carbocycles. The van der Waals surface area contributed by atoms with E-state index in [1.54, 1.807) is 0 Å². The third kappa shape index (κ3) is 6.77. The minimum absolute atomic E-state index is 0.0567. The van der Waals surface area contributed by atoms with Crippen LogP contribution in [-0.2, 0) is 6.18 Å². The molecule has 14 heteroatoms. The van der Waals surface area contributed by atoms with Crippen molar-refractivity contribution in [2.45, 2.75) is 22.6 Å². The lowest BCUT2D eigenvalue weighted by atomic mass is 10.3. The molecule has 0 aliphatic heterocycles. The minimum Gasteiger partial charge on any atom is -0.406 e. The summed E-state index contributed by atoms with van der Waals surface area (Å²) < 4.78 is 82.7. The molecule has 5 nitrogen and oxygen atoms in total. The number of anilines is 1. The Kier molecular flexibility index (Phi) is 7.41. The van der Waals surface area contributed by atoms with E-state index in [0.717, 1.165) is 41.5 Å². The first-order chi connectivity index (χ1) is 15.5. The van der Waals surface area contributed by atoms with Crippen LogP contribution in [0.25, 0.3) is 6.08 Å². The molecule has 2 aromatic heterocycles. The molecular formula is C19H9ClF6N4OS2. The van der Waals surface area contributed by atoms with Crippen LogP contribution in [0.3, 0.4) is 0 Å². The average molecular weight is 523 g/mol. The topological polar surface area (TPSA) is 70.8 Å². The van der Waals surface area contributed by atoms with Crippen LogP contribution < -0.4 is 10.1 Å². The molecule has 0 saturated carbocycles. The van der Waals surface area contributed by atoms with Crippen molar-refractivity contribution in [3.05, 3.63) is 63.8 Å². The van der Waals surface area contributed by atoms with Crippen LogP contribution in [0.5, 0.6) is 5.75 Å². The van der Waals surface area contributed by atoms with E-state index in [1.165, 1.54) is 24.4 Å². The Hall–Kier alpha value is -2.95. The second-order valence-corrected chi connectivity index (χ2v) is 8.19. The second kappa shape index (κ2) is 9.90. The Labute approximate surface area is 195 Å². The van der Waals surface area contributed by atoms with Crippen LogP contribution in [0, 0.1) is 11.3 Å². The minimum atomic E-state index is -4.79. The number of rotatable bonds is 6. The molecule has 0 aliphatic rings. The zero-order chi connectivity index (χ0) is 24.2. The summed E-state index contributed by atoms with van der Waals surface area (Å²) in [7, 11) is 0. The summed E-state index contributed by atoms with van der Waals surface area (Å²) in [5.74, 6) is -0.372. The standard InChI is InChI=1S/C19H9ClF6N4OS2/c20-14-7-10(18(21,22)23)9-29-17(14)32-16-13(8-27)15(33-30-16)5-6-28-11-1-3-12(4-2-11)31-19(24,25)26/h1-7,9,28H. The summed E-state index contributed by atoms with van der Waals surface area (Å²) in [5.41, 5.74) is -0.378. The Morgan fingerprint density at radius 1 is 1.12 bits per heavy atom. The van der Waals surface area contributed by atoms with Gasteiger partial charge in [0.05, 0.1) is 15.5 Å². The van der Waals surface area contributed by atoms with Crippen molar-refractivity contribution >= 4 is 46.7 Å². The number of ether oxygens (including phenoxy) is 1. The lowest BCUT2D eigenvalue weighted by molar-refractivity contribution is -0.274. The maximum atomic E-state index is 12.8. The molecule has 1 aromatic carbocycles. The summed E-state index contributed by atoms with van der Waals surface area (Å²) in [6.07, 6.45) is -5.77. The van der Waals surface area contributed by atoms with E-state index in [9.17, 15) is 31.6 Å². The van der Waals surface area contributed by atoms with Gasteiger partial charge in [0.2, 0.25) is 0 Å². The highest BCUT2D eigenvalue weighted by atomic mass is 35.5. The molecule has 172 valence electrons. The fourth-order valence-corrected chi connectivity index (χ4v) is 4.23. The zero-order valence-corrected chi connectivity index (χ0v) is 18.2. The van der Waals surface area contributed by atoms with Crippen molar-refractivity contribution in [3.8, 4) is 11.8 Å². The van der Waals surface area contributed by atoms with Crippen molar-refractivity contribution in [2.24, 2.45) is 0 Å². The first kappa shape index (κ1) is 24.7. The van der Waals surface area contributed by atoms with Crippen LogP contribution in [0.4, 0.5) is 32.0 Å². The normalized spacial score (nSPS) is 12.1. The van der Waals surface area contributed by atoms with E-state index in [2.05, 4.69) is 19.4 Å². The van der Waals surface area contributed by atoms with Gasteiger partial charge < -0.3 is 10.1 Å². The van der Waals surface area contributed by atoms with Crippen LogP contribution in [0.2, 0.25) is 5.02 Å². The number of nitriles is 1. The maximum absolute atomic E-state index is 12.8. The van der Waals surface area contributed by atoms with Gasteiger partial charge in [-0.15, -0.1) is 13.2 Å². The number of hydrogen-bond donors (Lipinski definition) is 1. The quantitative estimate of drug-likeness (QED) is 0.345. The van der Waals surface area contributed by atoms with Gasteiger partial charge in [-0.1, -0.05) is 11.6 Å². The molecule has 0 amide bonds. The summed E-state index contributed by atoms with van der Waals surface area (Å²) >= 11 is 7.71. The highest BCUT2D eigenvalue weighted by Crippen LogP contribution is 2.38. The van der Waals surface area contributed by atoms with Gasteiger partial charge in [-0.05, 0) is 59.7 Å². The number of benzene rings is 1. The predicted molar refractivity (Wildman–Crippen MR) is 111 cm³/mol. The first-order valence-corrected chi connectivity index (χ1v) is 10.5. The van der Waals surface area contributed by atoms with Crippen molar-refractivity contribution in [1.29, 1.82) is 5.26 Å². The third-order valence-electron chi connectivity index (χ3n) is 3.70. The monoisotopic (exact) mass is 522 g/mol. The van der Waals surface area contributed by atoms with E-state index >= 15 is 0 Å². The third-order valence-corrected chi connectivity index (χ3v) is 6.03. The Morgan fingerprint density at radius 3 is 2.39 bits per heavy atom. The number of alkyl halides is 6. The van der Waals surface area contributed by atoms with E-state index in [-0.39, 0.29) is 26.4 Å². The highest BCUT2D eigenvalue weighted by Gasteiger charge is 2.32. The second-order valence-electron chi connectivity index (χ2n) is 6.00. The number of halogens is 7. The van der Waals surface area contributed by atoms with Crippen molar-refractivity contribution in [1.82, 2.24) is 9.36 Å². The Morgan fingerprint density at radius 2 is 1.82 bits per heavy atom. The van der Waals surface area contributed by atoms with Crippen LogP contribution in [-0.4, -0.2) is 15.7 Å². The van der Waals surface area contributed by atoms with Gasteiger partial charge in [0.1, 0.15) is 27.4 Å². The molecule has 0 atom stereocenters. The van der Waals surface area contributed by atoms with Gasteiger partial charge in [-0.3, -0.25) is 0 Å². The summed E-state index contributed by atoms with van der Waals surface area (Å²) in [6, 6.07) is 7.70. The van der Waals surface area contributed by atoms with Gasteiger partial charge in [0, 0.05) is 18.1 Å². The zero-order valence-electron chi connectivity index (χ0n) is 15.8. The molecule has 3 aromatic rings. The fraction of sp³-hybridized carbons (Fsp3) is 0.105. The lowest BCUT2D eigenvalue weighted by Crippen LogP contribution is -2.16. The molecular weight excluding hydrogens is 514 g/mol. The molecule has 0 saturated heterocycles. The molecule has 0 radical (unpaired) electrons. The number of pyridine rings is 1. The van der Waals surface area contributed by atoms with Crippen molar-refractivity contribution in [3.63, 3.8) is 0 Å². The van der Waals surface area contributed by atoms with Gasteiger partial charge in [-0.25, -0.2) is 4.98 Å². The average Bonchev–Trinajstić information content (AvgIpc) is 3.10. The molecule has 33 heavy (non-hydrogen) atoms. The molecule has 2 heterocycles. The molecule has 0 spiro atoms. The summed E-state index contributed by atoms with van der Waals surface area (Å²) in [6.45, 7) is 0. The SMILES string of the molecule is N#Cc1c(Sc2ncc(C(F)(F)F)cc2Cl)nsc1C=CNc1ccc(OC(F)(F)F)cc1. The van der Waals surface area contributed by atoms with Crippen molar-refractivity contribution < 1.29 is 31.1 Å². The predicted octanol–water partition coefficient (Wildman–Crippen LogP) is 7.21. The van der Waals surface area contributed by atoms with E-state index in [1.807, 2.05) is 6.07 Å². The van der Waals surface area contributed by atoms with Gasteiger partial charge in [-0.2, -0.15) is 22.8 Å². The van der Waals surface area contributed by atoms with Gasteiger partial charge in [0.25, 0.3) is 0 Å². The number of hydrogen-bond acceptors (Lipinski definition) is 7. The molecule has 0 bridgehead atoms. The summed E-state index contributed by atoms with van der Waals surface area (Å²) in [5, 5.41) is 12.3. The largest absolute Gasteiger partial charge is 0.573 e. The smallest absolute Gasteiger partial charge is 0.406 e.